The van der Waals surface area contributed by atoms with Crippen molar-refractivity contribution in [2.24, 2.45) is 0 Å². The van der Waals surface area contributed by atoms with Gasteiger partial charge in [0, 0.05) is 5.69 Å². The zero-order valence-electron chi connectivity index (χ0n) is 8.89. The minimum atomic E-state index is -0.465. The van der Waals surface area contributed by atoms with Crippen LogP contribution in [-0.4, -0.2) is 37.5 Å². The van der Waals surface area contributed by atoms with Crippen LogP contribution in [0.3, 0.4) is 0 Å². The molecule has 1 aromatic rings. The maximum absolute atomic E-state index is 11.5. The van der Waals surface area contributed by atoms with Gasteiger partial charge >= 0.3 is 6.09 Å². The summed E-state index contributed by atoms with van der Waals surface area (Å²) < 4.78 is 5.15. The number of benzene rings is 1. The standard InChI is InChI=1S/C11H14N2O3/c14-11(12-10-4-2-1-3-5-10)16-13-6-8-15-9-7-13/h1-5H,6-9H2,(H,12,14). The molecule has 86 valence electrons. The highest BCUT2D eigenvalue weighted by atomic mass is 16.7. The van der Waals surface area contributed by atoms with Gasteiger partial charge in [0.05, 0.1) is 26.3 Å². The van der Waals surface area contributed by atoms with E-state index < -0.39 is 6.09 Å². The van der Waals surface area contributed by atoms with Gasteiger partial charge in [-0.25, -0.2) is 4.79 Å². The zero-order valence-corrected chi connectivity index (χ0v) is 8.89. The second kappa shape index (κ2) is 5.48. The first-order valence-electron chi connectivity index (χ1n) is 5.21. The molecule has 0 atom stereocenters. The number of rotatable bonds is 2. The number of carbonyl (C=O) groups is 1. The van der Waals surface area contributed by atoms with Crippen LogP contribution in [0.15, 0.2) is 30.3 Å². The molecular formula is C11H14N2O3. The number of anilines is 1. The highest BCUT2D eigenvalue weighted by molar-refractivity contribution is 5.84. The molecule has 0 spiro atoms. The second-order valence-electron chi connectivity index (χ2n) is 3.41. The number of nitrogens with one attached hydrogen (secondary N) is 1. The lowest BCUT2D eigenvalue weighted by atomic mass is 10.3. The van der Waals surface area contributed by atoms with Crippen molar-refractivity contribution in [3.8, 4) is 0 Å². The molecule has 1 aliphatic heterocycles. The van der Waals surface area contributed by atoms with Crippen LogP contribution in [0.2, 0.25) is 0 Å². The Kier molecular flexibility index (Phi) is 3.74. The summed E-state index contributed by atoms with van der Waals surface area (Å²) in [7, 11) is 0. The van der Waals surface area contributed by atoms with Crippen LogP contribution in [-0.2, 0) is 9.57 Å². The largest absolute Gasteiger partial charge is 0.430 e. The number of hydrogen-bond acceptors (Lipinski definition) is 4. The van der Waals surface area contributed by atoms with E-state index in [1.165, 1.54) is 0 Å². The highest BCUT2D eigenvalue weighted by Gasteiger charge is 2.15. The summed E-state index contributed by atoms with van der Waals surface area (Å²) in [4.78, 5) is 16.6. The number of hydrogen-bond donors (Lipinski definition) is 1. The first kappa shape index (κ1) is 10.9. The van der Waals surface area contributed by atoms with Crippen LogP contribution in [0.1, 0.15) is 0 Å². The highest BCUT2D eigenvalue weighted by Crippen LogP contribution is 2.06. The molecule has 1 N–H and O–H groups in total. The van der Waals surface area contributed by atoms with E-state index >= 15 is 0 Å². The summed E-state index contributed by atoms with van der Waals surface area (Å²) >= 11 is 0. The molecule has 0 unspecified atom stereocenters. The number of hydroxylamine groups is 2. The second-order valence-corrected chi connectivity index (χ2v) is 3.41. The molecular weight excluding hydrogens is 208 g/mol. The fourth-order valence-corrected chi connectivity index (χ4v) is 1.42. The number of nitrogens with zero attached hydrogens (tertiary/aromatic N) is 1. The van der Waals surface area contributed by atoms with Gasteiger partial charge in [-0.3, -0.25) is 5.32 Å². The maximum atomic E-state index is 11.5. The third-order valence-electron chi connectivity index (χ3n) is 2.20. The number of para-hydroxylation sites is 1. The van der Waals surface area contributed by atoms with Crippen molar-refractivity contribution >= 4 is 11.8 Å². The molecule has 1 fully saturated rings. The van der Waals surface area contributed by atoms with Crippen LogP contribution in [0.5, 0.6) is 0 Å². The van der Waals surface area contributed by atoms with E-state index in [2.05, 4.69) is 5.32 Å². The van der Waals surface area contributed by atoms with Crippen molar-refractivity contribution < 1.29 is 14.4 Å². The van der Waals surface area contributed by atoms with Crippen LogP contribution >= 0.6 is 0 Å². The van der Waals surface area contributed by atoms with Crippen molar-refractivity contribution in [3.63, 3.8) is 0 Å². The third kappa shape index (κ3) is 3.22. The fraction of sp³-hybridized carbons (Fsp3) is 0.364. The molecule has 1 heterocycles. The van der Waals surface area contributed by atoms with Gasteiger partial charge in [0.2, 0.25) is 0 Å². The van der Waals surface area contributed by atoms with E-state index in [-0.39, 0.29) is 0 Å². The molecule has 1 aromatic carbocycles. The summed E-state index contributed by atoms with van der Waals surface area (Å²) in [5.41, 5.74) is 0.723. The first-order valence-corrected chi connectivity index (χ1v) is 5.21. The molecule has 0 aromatic heterocycles. The van der Waals surface area contributed by atoms with E-state index in [4.69, 9.17) is 9.57 Å². The smallest absolute Gasteiger partial charge is 0.379 e. The van der Waals surface area contributed by atoms with Crippen molar-refractivity contribution in [2.75, 3.05) is 31.6 Å². The number of carbonyl (C=O) groups excluding carboxylic acids is 1. The Morgan fingerprint density at radius 2 is 1.94 bits per heavy atom. The Bertz CT molecular complexity index is 336. The Balaban J connectivity index is 1.80. The molecule has 0 saturated carbocycles. The monoisotopic (exact) mass is 222 g/mol. The minimum absolute atomic E-state index is 0.465. The van der Waals surface area contributed by atoms with Crippen LogP contribution in [0.25, 0.3) is 0 Å². The summed E-state index contributed by atoms with van der Waals surface area (Å²) in [6.07, 6.45) is -0.465. The molecule has 1 aliphatic rings. The summed E-state index contributed by atoms with van der Waals surface area (Å²) in [5, 5.41) is 4.24. The Morgan fingerprint density at radius 1 is 1.25 bits per heavy atom. The number of ether oxygens (including phenoxy) is 1. The molecule has 0 radical (unpaired) electrons. The maximum Gasteiger partial charge on any atom is 0.430 e. The summed E-state index contributed by atoms with van der Waals surface area (Å²) in [5.74, 6) is 0. The Hall–Kier alpha value is -1.59. The average Bonchev–Trinajstić information content (AvgIpc) is 2.31. The Morgan fingerprint density at radius 3 is 2.62 bits per heavy atom. The van der Waals surface area contributed by atoms with Gasteiger partial charge in [-0.1, -0.05) is 18.2 Å². The minimum Gasteiger partial charge on any atom is -0.379 e. The quantitative estimate of drug-likeness (QED) is 0.823. The molecule has 2 rings (SSSR count). The lowest BCUT2D eigenvalue weighted by molar-refractivity contribution is -0.142. The van der Waals surface area contributed by atoms with Gasteiger partial charge in [0.25, 0.3) is 0 Å². The lowest BCUT2D eigenvalue weighted by Gasteiger charge is -2.24. The van der Waals surface area contributed by atoms with Gasteiger partial charge in [-0.05, 0) is 12.1 Å². The van der Waals surface area contributed by atoms with E-state index in [0.717, 1.165) is 5.69 Å². The topological polar surface area (TPSA) is 50.8 Å². The van der Waals surface area contributed by atoms with Gasteiger partial charge < -0.3 is 9.57 Å². The zero-order chi connectivity index (χ0) is 11.2. The van der Waals surface area contributed by atoms with E-state index in [1.54, 1.807) is 17.2 Å². The first-order chi connectivity index (χ1) is 7.84. The summed E-state index contributed by atoms with van der Waals surface area (Å²) in [6, 6.07) is 9.20. The van der Waals surface area contributed by atoms with E-state index in [9.17, 15) is 4.79 Å². The molecule has 0 aliphatic carbocycles. The van der Waals surface area contributed by atoms with Gasteiger partial charge in [0.15, 0.2) is 0 Å². The Labute approximate surface area is 93.9 Å². The normalized spacial score (nSPS) is 16.8. The average molecular weight is 222 g/mol. The lowest BCUT2D eigenvalue weighted by Crippen LogP contribution is -2.39. The van der Waals surface area contributed by atoms with Crippen LogP contribution in [0.4, 0.5) is 10.5 Å². The summed E-state index contributed by atoms with van der Waals surface area (Å²) in [6.45, 7) is 2.42. The van der Waals surface area contributed by atoms with Crippen molar-refractivity contribution in [1.29, 1.82) is 0 Å². The van der Waals surface area contributed by atoms with Crippen LogP contribution in [0, 0.1) is 0 Å². The molecule has 16 heavy (non-hydrogen) atoms. The predicted octanol–water partition coefficient (Wildman–Crippen LogP) is 1.48. The van der Waals surface area contributed by atoms with Gasteiger partial charge in [0.1, 0.15) is 0 Å². The van der Waals surface area contributed by atoms with Crippen LogP contribution < -0.4 is 5.32 Å². The molecule has 1 saturated heterocycles. The molecule has 0 bridgehead atoms. The third-order valence-corrected chi connectivity index (χ3v) is 2.20. The van der Waals surface area contributed by atoms with E-state index in [1.807, 2.05) is 18.2 Å². The number of morpholine rings is 1. The molecule has 5 heteroatoms. The van der Waals surface area contributed by atoms with Crippen molar-refractivity contribution in [2.45, 2.75) is 0 Å². The van der Waals surface area contributed by atoms with Crippen molar-refractivity contribution in [3.05, 3.63) is 30.3 Å². The molecule has 5 nitrogen and oxygen atoms in total. The SMILES string of the molecule is O=C(Nc1ccccc1)ON1CCOCC1. The predicted molar refractivity (Wildman–Crippen MR) is 58.9 cm³/mol. The molecule has 1 amide bonds. The van der Waals surface area contributed by atoms with Crippen molar-refractivity contribution in [1.82, 2.24) is 5.06 Å². The number of amides is 1. The fourth-order valence-electron chi connectivity index (χ4n) is 1.42. The van der Waals surface area contributed by atoms with E-state index in [0.29, 0.717) is 26.3 Å². The van der Waals surface area contributed by atoms with Gasteiger partial charge in [-0.15, -0.1) is 5.06 Å². The van der Waals surface area contributed by atoms with Gasteiger partial charge in [-0.2, -0.15) is 0 Å².